The number of nitrogens with zero attached hydrogens (tertiary/aromatic N) is 1. The number of amides is 2. The Kier molecular flexibility index (Phi) is 7.49. The summed E-state index contributed by atoms with van der Waals surface area (Å²) >= 11 is 0. The highest BCUT2D eigenvalue weighted by Crippen LogP contribution is 2.36. The summed E-state index contributed by atoms with van der Waals surface area (Å²) in [5, 5.41) is 2.96. The van der Waals surface area contributed by atoms with Crippen molar-refractivity contribution < 1.29 is 23.9 Å². The van der Waals surface area contributed by atoms with Crippen molar-refractivity contribution in [2.75, 3.05) is 26.2 Å². The van der Waals surface area contributed by atoms with Crippen LogP contribution in [0.5, 0.6) is 5.75 Å². The summed E-state index contributed by atoms with van der Waals surface area (Å²) in [6, 6.07) is 6.35. The van der Waals surface area contributed by atoms with E-state index in [0.29, 0.717) is 29.7 Å². The number of hydrogen-bond donors (Lipinski definition) is 1. The monoisotopic (exact) mass is 414 g/mol. The average molecular weight is 415 g/mol. The molecule has 1 aliphatic heterocycles. The predicted molar refractivity (Wildman–Crippen MR) is 112 cm³/mol. The van der Waals surface area contributed by atoms with Crippen LogP contribution in [0.15, 0.2) is 35.9 Å². The normalized spacial score (nSPS) is 17.4. The molecule has 1 heterocycles. The maximum atomic E-state index is 12.4. The molecule has 1 aromatic carbocycles. The maximum Gasteiger partial charge on any atom is 0.513 e. The number of benzene rings is 1. The van der Waals surface area contributed by atoms with E-state index in [-0.39, 0.29) is 18.4 Å². The van der Waals surface area contributed by atoms with Crippen molar-refractivity contribution in [3.05, 3.63) is 41.5 Å². The Morgan fingerprint density at radius 1 is 1.10 bits per heavy atom. The third-order valence-corrected chi connectivity index (χ3v) is 5.63. The highest BCUT2D eigenvalue weighted by molar-refractivity contribution is 5.94. The maximum absolute atomic E-state index is 12.4. The fourth-order valence-electron chi connectivity index (χ4n) is 3.56. The molecule has 2 amide bonds. The van der Waals surface area contributed by atoms with E-state index in [2.05, 4.69) is 5.32 Å². The molecule has 1 saturated heterocycles. The second-order valence-electron chi connectivity index (χ2n) is 7.95. The fourth-order valence-corrected chi connectivity index (χ4v) is 3.56. The van der Waals surface area contributed by atoms with Crippen LogP contribution in [0.25, 0.3) is 0 Å². The average Bonchev–Trinajstić information content (AvgIpc) is 3.58. The first kappa shape index (κ1) is 21.9. The summed E-state index contributed by atoms with van der Waals surface area (Å²) in [6.45, 7) is 6.03. The van der Waals surface area contributed by atoms with E-state index in [1.807, 2.05) is 11.8 Å². The number of ether oxygens (including phenoxy) is 2. The Morgan fingerprint density at radius 2 is 1.77 bits per heavy atom. The van der Waals surface area contributed by atoms with Gasteiger partial charge in [-0.1, -0.05) is 5.57 Å². The van der Waals surface area contributed by atoms with Crippen LogP contribution in [-0.2, 0) is 9.53 Å². The van der Waals surface area contributed by atoms with E-state index in [0.717, 1.165) is 25.9 Å². The molecule has 0 unspecified atom stereocenters. The summed E-state index contributed by atoms with van der Waals surface area (Å²) in [4.78, 5) is 38.0. The minimum absolute atomic E-state index is 0.118. The van der Waals surface area contributed by atoms with Gasteiger partial charge < -0.3 is 19.7 Å². The van der Waals surface area contributed by atoms with Crippen LogP contribution in [0.2, 0.25) is 0 Å². The van der Waals surface area contributed by atoms with E-state index in [1.54, 1.807) is 37.3 Å². The highest BCUT2D eigenvalue weighted by Gasteiger charge is 2.26. The number of nitrogens with one attached hydrogen (secondary N) is 1. The van der Waals surface area contributed by atoms with Gasteiger partial charge in [-0.25, -0.2) is 4.79 Å². The molecule has 0 atom stereocenters. The van der Waals surface area contributed by atoms with E-state index in [1.165, 1.54) is 18.4 Å². The van der Waals surface area contributed by atoms with Crippen molar-refractivity contribution in [1.82, 2.24) is 10.2 Å². The molecule has 162 valence electrons. The molecular weight excluding hydrogens is 384 g/mol. The van der Waals surface area contributed by atoms with Crippen LogP contribution in [0, 0.1) is 11.8 Å². The molecule has 3 rings (SSSR count). The van der Waals surface area contributed by atoms with Gasteiger partial charge in [0.25, 0.3) is 5.91 Å². The van der Waals surface area contributed by atoms with E-state index in [4.69, 9.17) is 9.47 Å². The number of carbonyl (C=O) groups excluding carboxylic acids is 3. The first-order valence-corrected chi connectivity index (χ1v) is 10.7. The molecule has 0 radical (unpaired) electrons. The van der Waals surface area contributed by atoms with E-state index in [9.17, 15) is 14.4 Å². The predicted octanol–water partition coefficient (Wildman–Crippen LogP) is 3.55. The lowest BCUT2D eigenvalue weighted by molar-refractivity contribution is -0.127. The molecule has 0 bridgehead atoms. The molecule has 30 heavy (non-hydrogen) atoms. The van der Waals surface area contributed by atoms with Gasteiger partial charge in [0, 0.05) is 31.3 Å². The summed E-state index contributed by atoms with van der Waals surface area (Å²) in [5.74, 6) is 1.25. The summed E-state index contributed by atoms with van der Waals surface area (Å²) in [6.07, 6.45) is 5.22. The zero-order valence-corrected chi connectivity index (χ0v) is 17.7. The van der Waals surface area contributed by atoms with Crippen molar-refractivity contribution in [2.24, 2.45) is 11.8 Å². The minimum Gasteiger partial charge on any atom is -0.434 e. The number of carbonyl (C=O) groups is 3. The SMILES string of the molecule is CCOC(=O)Oc1ccc(C(=O)NCC2CCN(C(=O)/C=C(\C)C3CC3)CC2)cc1. The molecule has 1 aliphatic carbocycles. The molecule has 1 N–H and O–H groups in total. The number of rotatable bonds is 7. The number of hydrogen-bond acceptors (Lipinski definition) is 5. The summed E-state index contributed by atoms with van der Waals surface area (Å²) in [5.41, 5.74) is 1.70. The Labute approximate surface area is 177 Å². The minimum atomic E-state index is -0.766. The topological polar surface area (TPSA) is 84.9 Å². The van der Waals surface area contributed by atoms with Crippen LogP contribution in [0.1, 0.15) is 49.9 Å². The zero-order chi connectivity index (χ0) is 21.5. The molecule has 7 heteroatoms. The molecule has 1 aromatic rings. The van der Waals surface area contributed by atoms with Crippen molar-refractivity contribution in [2.45, 2.75) is 39.5 Å². The highest BCUT2D eigenvalue weighted by atomic mass is 16.7. The van der Waals surface area contributed by atoms with Crippen molar-refractivity contribution in [3.8, 4) is 5.75 Å². The van der Waals surface area contributed by atoms with Crippen LogP contribution in [-0.4, -0.2) is 49.1 Å². The molecule has 0 aromatic heterocycles. The second kappa shape index (κ2) is 10.3. The second-order valence-corrected chi connectivity index (χ2v) is 7.95. The van der Waals surface area contributed by atoms with Gasteiger partial charge in [0.05, 0.1) is 6.61 Å². The number of allylic oxidation sites excluding steroid dienone is 1. The Bertz CT molecular complexity index is 790. The standard InChI is InChI=1S/C23H30N2O5/c1-3-29-23(28)30-20-8-6-19(7-9-20)22(27)24-15-17-10-12-25(13-11-17)21(26)14-16(2)18-4-5-18/h6-9,14,17-18H,3-5,10-13,15H2,1-2H3,(H,24,27)/b16-14+. The van der Waals surface area contributed by atoms with Gasteiger partial charge in [0.15, 0.2) is 0 Å². The van der Waals surface area contributed by atoms with Gasteiger partial charge in [-0.2, -0.15) is 0 Å². The Hall–Kier alpha value is -2.83. The van der Waals surface area contributed by atoms with Gasteiger partial charge in [-0.3, -0.25) is 9.59 Å². The fraction of sp³-hybridized carbons (Fsp3) is 0.522. The number of likely N-dealkylation sites (tertiary alicyclic amines) is 1. The lowest BCUT2D eigenvalue weighted by Crippen LogP contribution is -2.41. The van der Waals surface area contributed by atoms with Crippen LogP contribution in [0.3, 0.4) is 0 Å². The number of piperidine rings is 1. The van der Waals surface area contributed by atoms with Gasteiger partial charge in [0.2, 0.25) is 5.91 Å². The van der Waals surface area contributed by atoms with Crippen molar-refractivity contribution in [1.29, 1.82) is 0 Å². The van der Waals surface area contributed by atoms with Gasteiger partial charge in [-0.05, 0) is 75.6 Å². The first-order valence-electron chi connectivity index (χ1n) is 10.7. The molecule has 2 fully saturated rings. The van der Waals surface area contributed by atoms with Gasteiger partial charge in [-0.15, -0.1) is 0 Å². The van der Waals surface area contributed by atoms with Crippen LogP contribution >= 0.6 is 0 Å². The molecule has 7 nitrogen and oxygen atoms in total. The molecule has 1 saturated carbocycles. The Morgan fingerprint density at radius 3 is 2.37 bits per heavy atom. The smallest absolute Gasteiger partial charge is 0.434 e. The van der Waals surface area contributed by atoms with Crippen molar-refractivity contribution in [3.63, 3.8) is 0 Å². The molecular formula is C23H30N2O5. The van der Waals surface area contributed by atoms with E-state index >= 15 is 0 Å². The lowest BCUT2D eigenvalue weighted by atomic mass is 9.96. The quantitative estimate of drug-likeness (QED) is 0.419. The summed E-state index contributed by atoms with van der Waals surface area (Å²) in [7, 11) is 0. The van der Waals surface area contributed by atoms with E-state index < -0.39 is 6.16 Å². The lowest BCUT2D eigenvalue weighted by Gasteiger charge is -2.31. The third-order valence-electron chi connectivity index (χ3n) is 5.63. The Balaban J connectivity index is 1.39. The van der Waals surface area contributed by atoms with Crippen LogP contribution < -0.4 is 10.1 Å². The van der Waals surface area contributed by atoms with Crippen LogP contribution in [0.4, 0.5) is 4.79 Å². The zero-order valence-electron chi connectivity index (χ0n) is 17.7. The first-order chi connectivity index (χ1) is 14.5. The van der Waals surface area contributed by atoms with Gasteiger partial charge >= 0.3 is 6.16 Å². The molecule has 2 aliphatic rings. The third kappa shape index (κ3) is 6.34. The van der Waals surface area contributed by atoms with Gasteiger partial charge in [0.1, 0.15) is 5.75 Å². The van der Waals surface area contributed by atoms with Crippen molar-refractivity contribution >= 4 is 18.0 Å². The largest absolute Gasteiger partial charge is 0.513 e. The molecule has 0 spiro atoms. The summed E-state index contributed by atoms with van der Waals surface area (Å²) < 4.78 is 9.70.